The van der Waals surface area contributed by atoms with Gasteiger partial charge in [-0.05, 0) is 32.1 Å². The van der Waals surface area contributed by atoms with E-state index in [9.17, 15) is 9.59 Å². The number of aliphatic carboxylic acids is 1. The Morgan fingerprint density at radius 1 is 1.28 bits per heavy atom. The molecule has 104 valence electrons. The molecule has 1 saturated heterocycles. The summed E-state index contributed by atoms with van der Waals surface area (Å²) >= 11 is 0. The SMILES string of the molecule is CCC1(C)CCN(C(=O)CC(C)(C)C(=O)O)CC1. The van der Waals surface area contributed by atoms with Gasteiger partial charge in [-0.2, -0.15) is 0 Å². The second-order valence-corrected chi connectivity index (χ2v) is 6.41. The van der Waals surface area contributed by atoms with Gasteiger partial charge in [0.05, 0.1) is 5.41 Å². The first kappa shape index (κ1) is 15.0. The Morgan fingerprint density at radius 2 is 1.78 bits per heavy atom. The molecule has 1 heterocycles. The summed E-state index contributed by atoms with van der Waals surface area (Å²) in [5.74, 6) is -0.938. The number of nitrogens with zero attached hydrogens (tertiary/aromatic N) is 1. The molecule has 0 aromatic rings. The molecule has 4 heteroatoms. The van der Waals surface area contributed by atoms with Crippen molar-refractivity contribution in [1.29, 1.82) is 0 Å². The van der Waals surface area contributed by atoms with Gasteiger partial charge in [-0.1, -0.05) is 20.3 Å². The van der Waals surface area contributed by atoms with Crippen LogP contribution in [0.25, 0.3) is 0 Å². The molecule has 0 unspecified atom stereocenters. The van der Waals surface area contributed by atoms with E-state index in [0.717, 1.165) is 32.4 Å². The predicted molar refractivity (Wildman–Crippen MR) is 70.2 cm³/mol. The molecule has 1 rings (SSSR count). The lowest BCUT2D eigenvalue weighted by atomic mass is 9.78. The number of likely N-dealkylation sites (tertiary alicyclic amines) is 1. The standard InChI is InChI=1S/C14H25NO3/c1-5-14(4)6-8-15(9-7-14)11(16)10-13(2,3)12(17)18/h5-10H2,1-4H3,(H,17,18). The summed E-state index contributed by atoms with van der Waals surface area (Å²) in [6, 6.07) is 0. The predicted octanol–water partition coefficient (Wildman–Crippen LogP) is 2.53. The van der Waals surface area contributed by atoms with Crippen LogP contribution in [-0.4, -0.2) is 35.0 Å². The minimum Gasteiger partial charge on any atom is -0.481 e. The number of carboxylic acids is 1. The van der Waals surface area contributed by atoms with E-state index in [4.69, 9.17) is 5.11 Å². The van der Waals surface area contributed by atoms with Gasteiger partial charge < -0.3 is 10.0 Å². The molecule has 1 aliphatic heterocycles. The minimum atomic E-state index is -0.970. The van der Waals surface area contributed by atoms with Crippen LogP contribution in [0.15, 0.2) is 0 Å². The smallest absolute Gasteiger partial charge is 0.309 e. The summed E-state index contributed by atoms with van der Waals surface area (Å²) in [4.78, 5) is 24.9. The third-order valence-corrected chi connectivity index (χ3v) is 4.35. The summed E-state index contributed by atoms with van der Waals surface area (Å²) in [5, 5.41) is 9.04. The van der Waals surface area contributed by atoms with Gasteiger partial charge in [-0.3, -0.25) is 9.59 Å². The molecule has 1 aliphatic rings. The lowest BCUT2D eigenvalue weighted by Crippen LogP contribution is -2.44. The number of rotatable bonds is 4. The molecule has 1 fully saturated rings. The van der Waals surface area contributed by atoms with E-state index >= 15 is 0 Å². The van der Waals surface area contributed by atoms with Gasteiger partial charge in [-0.25, -0.2) is 0 Å². The normalized spacial score (nSPS) is 19.7. The van der Waals surface area contributed by atoms with Gasteiger partial charge in [0.25, 0.3) is 0 Å². The van der Waals surface area contributed by atoms with E-state index < -0.39 is 11.4 Å². The highest BCUT2D eigenvalue weighted by molar-refractivity contribution is 5.84. The molecule has 0 aliphatic carbocycles. The van der Waals surface area contributed by atoms with Crippen molar-refractivity contribution in [2.45, 2.75) is 53.4 Å². The first-order valence-electron chi connectivity index (χ1n) is 6.71. The average Bonchev–Trinajstić information content (AvgIpc) is 2.29. The molecule has 0 aromatic carbocycles. The Labute approximate surface area is 109 Å². The highest BCUT2D eigenvalue weighted by Gasteiger charge is 2.35. The fourth-order valence-corrected chi connectivity index (χ4v) is 2.21. The zero-order valence-electron chi connectivity index (χ0n) is 12.0. The molecule has 0 radical (unpaired) electrons. The zero-order chi connectivity index (χ0) is 14.0. The summed E-state index contributed by atoms with van der Waals surface area (Å²) < 4.78 is 0. The van der Waals surface area contributed by atoms with Crippen molar-refractivity contribution < 1.29 is 14.7 Å². The van der Waals surface area contributed by atoms with Crippen molar-refractivity contribution in [2.75, 3.05) is 13.1 Å². The van der Waals surface area contributed by atoms with Crippen LogP contribution in [0, 0.1) is 10.8 Å². The summed E-state index contributed by atoms with van der Waals surface area (Å²) in [6.07, 6.45) is 3.26. The number of hydrogen-bond acceptors (Lipinski definition) is 2. The van der Waals surface area contributed by atoms with Crippen LogP contribution in [0.4, 0.5) is 0 Å². The quantitative estimate of drug-likeness (QED) is 0.839. The van der Waals surface area contributed by atoms with E-state index in [1.54, 1.807) is 13.8 Å². The van der Waals surface area contributed by atoms with E-state index in [0.29, 0.717) is 5.41 Å². The van der Waals surface area contributed by atoms with Crippen LogP contribution in [0.5, 0.6) is 0 Å². The number of amides is 1. The molecular weight excluding hydrogens is 230 g/mol. The van der Waals surface area contributed by atoms with Crippen LogP contribution in [0.2, 0.25) is 0 Å². The van der Waals surface area contributed by atoms with Gasteiger partial charge in [-0.15, -0.1) is 0 Å². The monoisotopic (exact) mass is 255 g/mol. The fraction of sp³-hybridized carbons (Fsp3) is 0.857. The van der Waals surface area contributed by atoms with Crippen molar-refractivity contribution in [3.05, 3.63) is 0 Å². The first-order valence-corrected chi connectivity index (χ1v) is 6.71. The number of piperidine rings is 1. The van der Waals surface area contributed by atoms with Crippen LogP contribution < -0.4 is 0 Å². The van der Waals surface area contributed by atoms with Crippen molar-refractivity contribution in [1.82, 2.24) is 4.90 Å². The van der Waals surface area contributed by atoms with Gasteiger partial charge in [0.1, 0.15) is 0 Å². The number of carboxylic acid groups (broad SMARTS) is 1. The maximum absolute atomic E-state index is 12.1. The van der Waals surface area contributed by atoms with Gasteiger partial charge in [0.15, 0.2) is 0 Å². The second-order valence-electron chi connectivity index (χ2n) is 6.41. The topological polar surface area (TPSA) is 57.6 Å². The molecule has 18 heavy (non-hydrogen) atoms. The Kier molecular flexibility index (Phi) is 4.41. The Morgan fingerprint density at radius 3 is 2.17 bits per heavy atom. The molecular formula is C14H25NO3. The number of hydrogen-bond donors (Lipinski definition) is 1. The van der Waals surface area contributed by atoms with Gasteiger partial charge in [0, 0.05) is 19.5 Å². The summed E-state index contributed by atoms with van der Waals surface area (Å²) in [5.41, 5.74) is -0.623. The van der Waals surface area contributed by atoms with E-state index in [1.807, 2.05) is 4.90 Å². The lowest BCUT2D eigenvalue weighted by molar-refractivity contribution is -0.152. The number of carbonyl (C=O) groups excluding carboxylic acids is 1. The van der Waals surface area contributed by atoms with E-state index in [-0.39, 0.29) is 12.3 Å². The molecule has 0 saturated carbocycles. The third-order valence-electron chi connectivity index (χ3n) is 4.35. The first-order chi connectivity index (χ1) is 8.20. The Balaban J connectivity index is 2.54. The molecule has 4 nitrogen and oxygen atoms in total. The molecule has 1 N–H and O–H groups in total. The minimum absolute atomic E-state index is 0.0273. The lowest BCUT2D eigenvalue weighted by Gasteiger charge is -2.39. The van der Waals surface area contributed by atoms with E-state index in [1.165, 1.54) is 0 Å². The molecule has 0 bridgehead atoms. The summed E-state index contributed by atoms with van der Waals surface area (Å²) in [6.45, 7) is 9.18. The highest BCUT2D eigenvalue weighted by Crippen LogP contribution is 2.34. The maximum Gasteiger partial charge on any atom is 0.309 e. The Bertz CT molecular complexity index is 328. The highest BCUT2D eigenvalue weighted by atomic mass is 16.4. The summed E-state index contributed by atoms with van der Waals surface area (Å²) in [7, 11) is 0. The van der Waals surface area contributed by atoms with Crippen LogP contribution in [0.3, 0.4) is 0 Å². The van der Waals surface area contributed by atoms with Crippen molar-refractivity contribution in [3.8, 4) is 0 Å². The van der Waals surface area contributed by atoms with Crippen LogP contribution >= 0.6 is 0 Å². The molecule has 0 spiro atoms. The largest absolute Gasteiger partial charge is 0.481 e. The van der Waals surface area contributed by atoms with Crippen molar-refractivity contribution >= 4 is 11.9 Å². The van der Waals surface area contributed by atoms with Crippen LogP contribution in [-0.2, 0) is 9.59 Å². The fourth-order valence-electron chi connectivity index (χ4n) is 2.21. The average molecular weight is 255 g/mol. The third kappa shape index (κ3) is 3.47. The molecule has 0 atom stereocenters. The van der Waals surface area contributed by atoms with E-state index in [2.05, 4.69) is 13.8 Å². The molecule has 1 amide bonds. The number of carbonyl (C=O) groups is 2. The van der Waals surface area contributed by atoms with Crippen molar-refractivity contribution in [3.63, 3.8) is 0 Å². The second kappa shape index (κ2) is 5.29. The van der Waals surface area contributed by atoms with Gasteiger partial charge in [0.2, 0.25) is 5.91 Å². The zero-order valence-corrected chi connectivity index (χ0v) is 12.0. The molecule has 0 aromatic heterocycles. The Hall–Kier alpha value is -1.06. The van der Waals surface area contributed by atoms with Crippen LogP contribution in [0.1, 0.15) is 53.4 Å². The van der Waals surface area contributed by atoms with Gasteiger partial charge >= 0.3 is 5.97 Å². The van der Waals surface area contributed by atoms with Crippen molar-refractivity contribution in [2.24, 2.45) is 10.8 Å². The maximum atomic E-state index is 12.1.